The SMILES string of the molecule is CCC/C=C/CCCCCCCCCCCC[N+](CC(CC)C(=O)O)(CC(CC)C(=O)O)CC(CC)C(=O)O. The zero-order chi connectivity index (χ0) is 29.5. The van der Waals surface area contributed by atoms with Crippen LogP contribution >= 0.6 is 0 Å². The van der Waals surface area contributed by atoms with Crippen molar-refractivity contribution >= 4 is 17.9 Å². The molecule has 0 aromatic heterocycles. The highest BCUT2D eigenvalue weighted by atomic mass is 16.4. The standard InChI is InChI=1S/C32H59NO6/c1-5-9-10-11-12-13-14-15-16-17-18-19-20-21-22-23-33(24-27(6-2)30(34)35,25-28(7-3)31(36)37)26-29(8-4)32(38)39/h10-11,27-29H,5-9,12-26H2,1-4H3,(H2-,34,35,36,37,38,39)/p+1/b11-10+. The van der Waals surface area contributed by atoms with Crippen molar-refractivity contribution in [2.45, 2.75) is 130 Å². The van der Waals surface area contributed by atoms with Crippen LogP contribution in [0.25, 0.3) is 0 Å². The molecule has 0 heterocycles. The molecular weight excluding hydrogens is 494 g/mol. The van der Waals surface area contributed by atoms with Gasteiger partial charge in [0.15, 0.2) is 0 Å². The van der Waals surface area contributed by atoms with Crippen molar-refractivity contribution in [3.8, 4) is 0 Å². The molecule has 0 aliphatic carbocycles. The summed E-state index contributed by atoms with van der Waals surface area (Å²) < 4.78 is 0.258. The topological polar surface area (TPSA) is 112 Å². The van der Waals surface area contributed by atoms with E-state index in [2.05, 4.69) is 19.1 Å². The number of carbonyl (C=O) groups is 3. The molecule has 0 bridgehead atoms. The maximum absolute atomic E-state index is 12.0. The van der Waals surface area contributed by atoms with E-state index in [1.165, 1.54) is 64.2 Å². The minimum Gasteiger partial charge on any atom is -0.481 e. The predicted octanol–water partition coefficient (Wildman–Crippen LogP) is 7.78. The fourth-order valence-electron chi connectivity index (χ4n) is 5.57. The van der Waals surface area contributed by atoms with Crippen molar-refractivity contribution in [1.29, 1.82) is 0 Å². The minimum atomic E-state index is -0.889. The highest BCUT2D eigenvalue weighted by molar-refractivity contribution is 5.71. The van der Waals surface area contributed by atoms with Crippen molar-refractivity contribution in [3.05, 3.63) is 12.2 Å². The van der Waals surface area contributed by atoms with E-state index in [1.54, 1.807) is 0 Å². The Balaban J connectivity index is 4.93. The van der Waals surface area contributed by atoms with Crippen LogP contribution in [0.4, 0.5) is 0 Å². The Kier molecular flexibility index (Phi) is 21.8. The molecular formula is C32H60NO6+. The van der Waals surface area contributed by atoms with E-state index < -0.39 is 35.7 Å². The van der Waals surface area contributed by atoms with Crippen LogP contribution in [0, 0.1) is 17.8 Å². The summed E-state index contributed by atoms with van der Waals surface area (Å²) in [6.07, 6.45) is 21.3. The highest BCUT2D eigenvalue weighted by Crippen LogP contribution is 2.25. The second kappa shape index (κ2) is 22.9. The molecule has 7 nitrogen and oxygen atoms in total. The summed E-state index contributed by atoms with van der Waals surface area (Å²) in [6, 6.07) is 0. The summed E-state index contributed by atoms with van der Waals surface area (Å²) in [5, 5.41) is 29.4. The summed E-state index contributed by atoms with van der Waals surface area (Å²) in [4.78, 5) is 35.9. The first-order valence-corrected chi connectivity index (χ1v) is 15.8. The second-order valence-electron chi connectivity index (χ2n) is 11.5. The third-order valence-electron chi connectivity index (χ3n) is 8.22. The number of hydrogen-bond donors (Lipinski definition) is 3. The molecule has 3 unspecified atom stereocenters. The number of quaternary nitrogens is 1. The average Bonchev–Trinajstić information content (AvgIpc) is 2.90. The lowest BCUT2D eigenvalue weighted by atomic mass is 9.95. The van der Waals surface area contributed by atoms with Gasteiger partial charge in [0.05, 0.1) is 26.2 Å². The molecule has 0 aromatic carbocycles. The molecule has 39 heavy (non-hydrogen) atoms. The molecule has 0 spiro atoms. The van der Waals surface area contributed by atoms with Gasteiger partial charge in [-0.1, -0.05) is 91.2 Å². The third-order valence-corrected chi connectivity index (χ3v) is 8.22. The van der Waals surface area contributed by atoms with Crippen LogP contribution in [0.2, 0.25) is 0 Å². The number of aliphatic carboxylic acids is 3. The molecule has 0 radical (unpaired) electrons. The van der Waals surface area contributed by atoms with Gasteiger partial charge in [0, 0.05) is 0 Å². The number of hydrogen-bond acceptors (Lipinski definition) is 3. The Morgan fingerprint density at radius 2 is 0.872 bits per heavy atom. The lowest BCUT2D eigenvalue weighted by molar-refractivity contribution is -0.935. The highest BCUT2D eigenvalue weighted by Gasteiger charge is 2.40. The van der Waals surface area contributed by atoms with Gasteiger partial charge in [-0.25, -0.2) is 0 Å². The monoisotopic (exact) mass is 554 g/mol. The molecule has 0 aromatic rings. The second-order valence-corrected chi connectivity index (χ2v) is 11.5. The first kappa shape index (κ1) is 37.1. The van der Waals surface area contributed by atoms with E-state index >= 15 is 0 Å². The van der Waals surface area contributed by atoms with E-state index in [9.17, 15) is 29.7 Å². The molecule has 0 saturated carbocycles. The lowest BCUT2D eigenvalue weighted by Crippen LogP contribution is -2.58. The number of allylic oxidation sites excluding steroid dienone is 2. The number of unbranched alkanes of at least 4 members (excludes halogenated alkanes) is 11. The van der Waals surface area contributed by atoms with Gasteiger partial charge in [-0.05, 0) is 51.4 Å². The zero-order valence-electron chi connectivity index (χ0n) is 25.5. The molecule has 3 atom stereocenters. The van der Waals surface area contributed by atoms with Crippen LogP contribution in [0.1, 0.15) is 130 Å². The third kappa shape index (κ3) is 17.4. The van der Waals surface area contributed by atoms with Crippen molar-refractivity contribution in [3.63, 3.8) is 0 Å². The summed E-state index contributed by atoms with van der Waals surface area (Å²) in [5.41, 5.74) is 0. The van der Waals surface area contributed by atoms with Gasteiger partial charge in [0.1, 0.15) is 17.8 Å². The smallest absolute Gasteiger partial charge is 0.312 e. The van der Waals surface area contributed by atoms with Gasteiger partial charge < -0.3 is 19.8 Å². The fourth-order valence-corrected chi connectivity index (χ4v) is 5.57. The molecule has 3 N–H and O–H groups in total. The van der Waals surface area contributed by atoms with Crippen molar-refractivity contribution in [2.24, 2.45) is 17.8 Å². The maximum atomic E-state index is 12.0. The minimum absolute atomic E-state index is 0.258. The van der Waals surface area contributed by atoms with Gasteiger partial charge in [-0.2, -0.15) is 0 Å². The van der Waals surface area contributed by atoms with Gasteiger partial charge in [0.25, 0.3) is 0 Å². The molecule has 7 heteroatoms. The van der Waals surface area contributed by atoms with Crippen molar-refractivity contribution < 1.29 is 34.2 Å². The molecule has 0 aliphatic heterocycles. The summed E-state index contributed by atoms with van der Waals surface area (Å²) >= 11 is 0. The van der Waals surface area contributed by atoms with Crippen LogP contribution in [-0.4, -0.2) is 63.9 Å². The quantitative estimate of drug-likeness (QED) is 0.0543. The van der Waals surface area contributed by atoms with E-state index in [1.807, 2.05) is 20.8 Å². The molecule has 0 amide bonds. The molecule has 0 saturated heterocycles. The first-order chi connectivity index (χ1) is 18.7. The molecule has 0 rings (SSSR count). The Bertz CT molecular complexity index is 632. The number of rotatable bonds is 27. The van der Waals surface area contributed by atoms with Crippen LogP contribution in [-0.2, 0) is 14.4 Å². The van der Waals surface area contributed by atoms with Crippen LogP contribution in [0.3, 0.4) is 0 Å². The van der Waals surface area contributed by atoms with Crippen LogP contribution in [0.5, 0.6) is 0 Å². The summed E-state index contributed by atoms with van der Waals surface area (Å²) in [7, 11) is 0. The molecule has 0 fully saturated rings. The molecule has 228 valence electrons. The van der Waals surface area contributed by atoms with E-state index in [-0.39, 0.29) is 24.1 Å². The average molecular weight is 555 g/mol. The van der Waals surface area contributed by atoms with Crippen molar-refractivity contribution in [1.82, 2.24) is 0 Å². The maximum Gasteiger partial charge on any atom is 0.312 e. The molecule has 0 aliphatic rings. The predicted molar refractivity (Wildman–Crippen MR) is 159 cm³/mol. The summed E-state index contributed by atoms with van der Waals surface area (Å²) in [6.45, 7) is 9.19. The van der Waals surface area contributed by atoms with Crippen molar-refractivity contribution in [2.75, 3.05) is 26.2 Å². The first-order valence-electron chi connectivity index (χ1n) is 15.8. The number of carboxylic acids is 3. The number of nitrogens with zero attached hydrogens (tertiary/aromatic N) is 1. The number of carboxylic acid groups (broad SMARTS) is 3. The summed E-state index contributed by atoms with van der Waals surface area (Å²) in [5.74, 6) is -4.51. The Morgan fingerprint density at radius 3 is 1.21 bits per heavy atom. The largest absolute Gasteiger partial charge is 0.481 e. The fraction of sp³-hybridized carbons (Fsp3) is 0.844. The van der Waals surface area contributed by atoms with Gasteiger partial charge in [-0.3, -0.25) is 14.4 Å². The van der Waals surface area contributed by atoms with E-state index in [0.717, 1.165) is 19.3 Å². The van der Waals surface area contributed by atoms with Gasteiger partial charge >= 0.3 is 17.9 Å². The van der Waals surface area contributed by atoms with Crippen LogP contribution in [0.15, 0.2) is 12.2 Å². The lowest BCUT2D eigenvalue weighted by Gasteiger charge is -2.43. The Morgan fingerprint density at radius 1 is 0.538 bits per heavy atom. The zero-order valence-corrected chi connectivity index (χ0v) is 25.5. The van der Waals surface area contributed by atoms with Gasteiger partial charge in [0.2, 0.25) is 0 Å². The Hall–Kier alpha value is -1.89. The van der Waals surface area contributed by atoms with E-state index in [0.29, 0.717) is 25.8 Å². The van der Waals surface area contributed by atoms with Crippen LogP contribution < -0.4 is 0 Å². The van der Waals surface area contributed by atoms with E-state index in [4.69, 9.17) is 0 Å². The van der Waals surface area contributed by atoms with Gasteiger partial charge in [-0.15, -0.1) is 0 Å². The Labute approximate surface area is 238 Å². The normalized spacial score (nSPS) is 15.6.